The van der Waals surface area contributed by atoms with E-state index in [9.17, 15) is 14.4 Å². The van der Waals surface area contributed by atoms with Crippen molar-refractivity contribution in [3.8, 4) is 0 Å². The van der Waals surface area contributed by atoms with E-state index in [1.807, 2.05) is 4.90 Å². The monoisotopic (exact) mass is 383 g/mol. The molecule has 1 amide bonds. The first-order valence-electron chi connectivity index (χ1n) is 9.65. The van der Waals surface area contributed by atoms with Gasteiger partial charge in [0.05, 0.1) is 5.39 Å². The highest BCUT2D eigenvalue weighted by Gasteiger charge is 2.50. The van der Waals surface area contributed by atoms with Gasteiger partial charge in [0.1, 0.15) is 5.58 Å². The molecule has 1 aromatic heterocycles. The number of benzene rings is 1. The van der Waals surface area contributed by atoms with Crippen molar-refractivity contribution in [2.75, 3.05) is 13.2 Å². The molecule has 2 bridgehead atoms. The van der Waals surface area contributed by atoms with Crippen LogP contribution < -0.4 is 5.43 Å². The zero-order valence-corrected chi connectivity index (χ0v) is 16.5. The molecular weight excluding hydrogens is 358 g/mol. The lowest BCUT2D eigenvalue weighted by Gasteiger charge is -2.39. The fraction of sp³-hybridized carbons (Fsp3) is 0.500. The maximum Gasteiger partial charge on any atom is 0.374 e. The molecule has 28 heavy (non-hydrogen) atoms. The average molecular weight is 383 g/mol. The molecule has 2 fully saturated rings. The van der Waals surface area contributed by atoms with E-state index in [0.29, 0.717) is 17.5 Å². The predicted octanol–water partition coefficient (Wildman–Crippen LogP) is 3.38. The standard InChI is InChI=1S/C22H25NO5/c1-21(2)9-14-10-22(3,12-21)13-23(14)19(25)11-27-20(26)18-8-16(24)15-6-4-5-7-17(15)28-18/h4-8,14H,9-13H2,1-3H3/t14-,22-/m0/s1. The van der Waals surface area contributed by atoms with Crippen LogP contribution in [-0.2, 0) is 9.53 Å². The van der Waals surface area contributed by atoms with Gasteiger partial charge in [-0.3, -0.25) is 9.59 Å². The second-order valence-electron chi connectivity index (χ2n) is 9.28. The minimum Gasteiger partial charge on any atom is -0.450 e. The quantitative estimate of drug-likeness (QED) is 0.760. The van der Waals surface area contributed by atoms with Crippen LogP contribution in [0.3, 0.4) is 0 Å². The normalized spacial score (nSPS) is 25.7. The molecular formula is C22H25NO5. The highest BCUT2D eigenvalue weighted by atomic mass is 16.5. The van der Waals surface area contributed by atoms with Gasteiger partial charge >= 0.3 is 5.97 Å². The van der Waals surface area contributed by atoms with Crippen LogP contribution in [0.25, 0.3) is 11.0 Å². The van der Waals surface area contributed by atoms with E-state index in [-0.39, 0.29) is 40.6 Å². The van der Waals surface area contributed by atoms with Crippen LogP contribution in [0.1, 0.15) is 50.6 Å². The number of carbonyl (C=O) groups is 2. The first kappa shape index (κ1) is 18.7. The molecule has 6 heteroatoms. The fourth-order valence-electron chi connectivity index (χ4n) is 5.24. The minimum atomic E-state index is -0.801. The molecule has 6 nitrogen and oxygen atoms in total. The SMILES string of the molecule is CC1(C)C[C@H]2C[C@](C)(CN2C(=O)COC(=O)c2cc(=O)c3ccccc3o2)C1. The molecule has 1 aromatic carbocycles. The van der Waals surface area contributed by atoms with E-state index < -0.39 is 5.97 Å². The molecule has 148 valence electrons. The molecule has 0 radical (unpaired) electrons. The van der Waals surface area contributed by atoms with Crippen molar-refractivity contribution in [2.24, 2.45) is 10.8 Å². The molecule has 1 aliphatic heterocycles. The van der Waals surface area contributed by atoms with Gasteiger partial charge in [-0.05, 0) is 42.2 Å². The van der Waals surface area contributed by atoms with Crippen molar-refractivity contribution in [2.45, 2.75) is 46.1 Å². The van der Waals surface area contributed by atoms with Crippen LogP contribution in [0, 0.1) is 10.8 Å². The van der Waals surface area contributed by atoms with E-state index in [1.165, 1.54) is 0 Å². The highest BCUT2D eigenvalue weighted by Crippen LogP contribution is 2.52. The van der Waals surface area contributed by atoms with Gasteiger partial charge in [0.15, 0.2) is 12.0 Å². The summed E-state index contributed by atoms with van der Waals surface area (Å²) in [4.78, 5) is 39.0. The summed E-state index contributed by atoms with van der Waals surface area (Å²) in [6.07, 6.45) is 3.04. The molecule has 1 saturated carbocycles. The summed E-state index contributed by atoms with van der Waals surface area (Å²) in [5, 5.41) is 0.398. The maximum atomic E-state index is 12.7. The number of ether oxygens (including phenoxy) is 1. The summed E-state index contributed by atoms with van der Waals surface area (Å²) >= 11 is 0. The Morgan fingerprint density at radius 2 is 1.96 bits per heavy atom. The third kappa shape index (κ3) is 3.43. The lowest BCUT2D eigenvalue weighted by atomic mass is 9.65. The van der Waals surface area contributed by atoms with Gasteiger partial charge in [-0.2, -0.15) is 0 Å². The largest absolute Gasteiger partial charge is 0.450 e. The highest BCUT2D eigenvalue weighted by molar-refractivity contribution is 5.90. The number of carbonyl (C=O) groups excluding carboxylic acids is 2. The van der Waals surface area contributed by atoms with Gasteiger partial charge in [0, 0.05) is 18.7 Å². The smallest absolute Gasteiger partial charge is 0.374 e. The van der Waals surface area contributed by atoms with Crippen LogP contribution in [0.5, 0.6) is 0 Å². The van der Waals surface area contributed by atoms with Gasteiger partial charge in [-0.1, -0.05) is 32.9 Å². The number of nitrogens with zero attached hydrogens (tertiary/aromatic N) is 1. The second-order valence-corrected chi connectivity index (χ2v) is 9.28. The molecule has 2 aromatic rings. The number of para-hydroxylation sites is 1. The number of likely N-dealkylation sites (tertiary alicyclic amines) is 1. The minimum absolute atomic E-state index is 0.122. The van der Waals surface area contributed by atoms with Gasteiger partial charge in [0.25, 0.3) is 5.91 Å². The summed E-state index contributed by atoms with van der Waals surface area (Å²) in [5.74, 6) is -1.18. The van der Waals surface area contributed by atoms with Crippen molar-refractivity contribution in [3.63, 3.8) is 0 Å². The Morgan fingerprint density at radius 1 is 1.21 bits per heavy atom. The van der Waals surface area contributed by atoms with E-state index in [1.54, 1.807) is 24.3 Å². The molecule has 0 N–H and O–H groups in total. The Morgan fingerprint density at radius 3 is 2.75 bits per heavy atom. The topological polar surface area (TPSA) is 76.8 Å². The van der Waals surface area contributed by atoms with E-state index in [4.69, 9.17) is 9.15 Å². The summed E-state index contributed by atoms with van der Waals surface area (Å²) in [6, 6.07) is 8.00. The first-order valence-corrected chi connectivity index (χ1v) is 9.65. The Hall–Kier alpha value is -2.63. The van der Waals surface area contributed by atoms with Gasteiger partial charge in [0.2, 0.25) is 5.76 Å². The van der Waals surface area contributed by atoms with Crippen LogP contribution >= 0.6 is 0 Å². The summed E-state index contributed by atoms with van der Waals surface area (Å²) in [6.45, 7) is 7.06. The Labute approximate surface area is 163 Å². The number of amides is 1. The molecule has 1 aliphatic carbocycles. The Kier molecular flexibility index (Phi) is 4.32. The second kappa shape index (κ2) is 6.47. The van der Waals surface area contributed by atoms with Gasteiger partial charge in [-0.25, -0.2) is 4.79 Å². The molecule has 4 rings (SSSR count). The van der Waals surface area contributed by atoms with Crippen LogP contribution in [0.4, 0.5) is 0 Å². The zero-order valence-electron chi connectivity index (χ0n) is 16.5. The Balaban J connectivity index is 1.44. The van der Waals surface area contributed by atoms with Crippen LogP contribution in [0.2, 0.25) is 0 Å². The predicted molar refractivity (Wildman–Crippen MR) is 104 cm³/mol. The first-order chi connectivity index (χ1) is 13.2. The van der Waals surface area contributed by atoms with E-state index in [2.05, 4.69) is 20.8 Å². The van der Waals surface area contributed by atoms with Crippen molar-refractivity contribution in [3.05, 3.63) is 46.3 Å². The summed E-state index contributed by atoms with van der Waals surface area (Å²) < 4.78 is 10.7. The number of hydrogen-bond acceptors (Lipinski definition) is 5. The Bertz CT molecular complexity index is 1010. The zero-order chi connectivity index (χ0) is 20.1. The summed E-state index contributed by atoms with van der Waals surface area (Å²) in [7, 11) is 0. The number of esters is 1. The van der Waals surface area contributed by atoms with Crippen molar-refractivity contribution in [1.29, 1.82) is 0 Å². The van der Waals surface area contributed by atoms with E-state index >= 15 is 0 Å². The molecule has 2 aliphatic rings. The van der Waals surface area contributed by atoms with Gasteiger partial charge in [-0.15, -0.1) is 0 Å². The molecule has 2 heterocycles. The average Bonchev–Trinajstić information content (AvgIpc) is 2.88. The van der Waals surface area contributed by atoms with Crippen molar-refractivity contribution < 1.29 is 18.7 Å². The molecule has 0 spiro atoms. The lowest BCUT2D eigenvalue weighted by Crippen LogP contribution is -2.39. The molecule has 0 unspecified atom stereocenters. The van der Waals surface area contributed by atoms with Crippen molar-refractivity contribution in [1.82, 2.24) is 4.90 Å². The summed E-state index contributed by atoms with van der Waals surface area (Å²) in [5.41, 5.74) is 0.329. The lowest BCUT2D eigenvalue weighted by molar-refractivity contribution is -0.135. The number of hydrogen-bond donors (Lipinski definition) is 0. The van der Waals surface area contributed by atoms with E-state index in [0.717, 1.165) is 25.3 Å². The van der Waals surface area contributed by atoms with Crippen LogP contribution in [-0.4, -0.2) is 36.0 Å². The maximum absolute atomic E-state index is 12.7. The number of fused-ring (bicyclic) bond motifs is 3. The molecule has 2 atom stereocenters. The fourth-order valence-corrected chi connectivity index (χ4v) is 5.24. The molecule has 1 saturated heterocycles. The number of rotatable bonds is 3. The van der Waals surface area contributed by atoms with Gasteiger partial charge < -0.3 is 14.1 Å². The van der Waals surface area contributed by atoms with Crippen molar-refractivity contribution >= 4 is 22.8 Å². The third-order valence-electron chi connectivity index (χ3n) is 5.90. The van der Waals surface area contributed by atoms with Crippen LogP contribution in [0.15, 0.2) is 39.5 Å². The third-order valence-corrected chi connectivity index (χ3v) is 5.90.